The maximum absolute atomic E-state index is 15.4. The minimum Gasteiger partial charge on any atom is -0.390 e. The number of nitrogens with one attached hydrogen (secondary N) is 4. The van der Waals surface area contributed by atoms with Gasteiger partial charge in [0.2, 0.25) is 65.0 Å². The molecule has 1 rings (SSSR count). The van der Waals surface area contributed by atoms with Gasteiger partial charge in [-0.1, -0.05) is 95.2 Å². The highest BCUT2D eigenvalue weighted by atomic mass is 16.5. The van der Waals surface area contributed by atoms with Gasteiger partial charge in [-0.05, 0) is 136 Å². The second kappa shape index (κ2) is 39.8. The van der Waals surface area contributed by atoms with Crippen LogP contribution in [0.1, 0.15) is 169 Å². The van der Waals surface area contributed by atoms with Gasteiger partial charge in [0.25, 0.3) is 0 Å². The Labute approximate surface area is 569 Å². The Kier molecular flexibility index (Phi) is 36.4. The molecule has 0 aromatic carbocycles. The second-order valence-electron chi connectivity index (χ2n) is 29.3. The van der Waals surface area contributed by atoms with Gasteiger partial charge in [0.1, 0.15) is 66.5 Å². The van der Waals surface area contributed by atoms with Gasteiger partial charge < -0.3 is 75.4 Å². The van der Waals surface area contributed by atoms with Crippen LogP contribution in [0.2, 0.25) is 0 Å². The van der Waals surface area contributed by atoms with Crippen molar-refractivity contribution in [3.05, 3.63) is 12.2 Å². The molecule has 546 valence electrons. The number of hydrogen-bond donors (Lipinski definition) is 6. The van der Waals surface area contributed by atoms with Crippen molar-refractivity contribution in [2.24, 2.45) is 35.5 Å². The molecule has 1 aliphatic heterocycles. The molecule has 1 fully saturated rings. The largest absolute Gasteiger partial charge is 0.390 e. The van der Waals surface area contributed by atoms with E-state index in [0.29, 0.717) is 19.4 Å². The molecule has 0 radical (unpaired) electrons. The van der Waals surface area contributed by atoms with Gasteiger partial charge >= 0.3 is 0 Å². The summed E-state index contributed by atoms with van der Waals surface area (Å²) in [5.74, 6) is -10.3. The quantitative estimate of drug-likeness (QED) is 0.0670. The van der Waals surface area contributed by atoms with Crippen LogP contribution in [0.5, 0.6) is 0 Å². The van der Waals surface area contributed by atoms with Crippen LogP contribution in [0, 0.1) is 35.5 Å². The van der Waals surface area contributed by atoms with Crippen molar-refractivity contribution in [1.29, 1.82) is 0 Å². The number of carbonyl (C=O) groups is 11. The van der Waals surface area contributed by atoms with E-state index in [2.05, 4.69) is 21.3 Å². The third-order valence-corrected chi connectivity index (χ3v) is 17.9. The first kappa shape index (κ1) is 86.8. The van der Waals surface area contributed by atoms with Crippen molar-refractivity contribution < 1.29 is 67.7 Å². The maximum Gasteiger partial charge on any atom is 0.248 e. The zero-order chi connectivity index (χ0) is 73.6. The first-order valence-electron chi connectivity index (χ1n) is 34.1. The first-order chi connectivity index (χ1) is 43.8. The van der Waals surface area contributed by atoms with Crippen LogP contribution in [-0.4, -0.2) is 276 Å². The highest BCUT2D eigenvalue weighted by Crippen LogP contribution is 2.26. The highest BCUT2D eigenvalue weighted by Gasteiger charge is 2.47. The SMILES string of the molecule is C/C=C/C[C@@H](C)[C@@H](O)[C@H]1C(=O)N[C@@H](CC)C(=O)N(C)[C@H](COCCCN(C)C)C(=O)N(C)[C@@H](CC(C)(C)O)C(=O)N[C@H](C(C)C)C(=O)N(C)[C@H](CCC(C)C)C(=O)N[C@H](C)C(=O)N[C@@H](C)C(=O)N(C)[C@@H](CC(C)C)C(=O)N(C)[C@@H](CC(C)C)C(=O)N(C)[C@@H](C(C)C)C(=O)N1C. The van der Waals surface area contributed by atoms with Gasteiger partial charge in [-0.15, -0.1) is 0 Å². The lowest BCUT2D eigenvalue weighted by Crippen LogP contribution is -2.64. The van der Waals surface area contributed by atoms with Crippen LogP contribution in [-0.2, 0) is 57.5 Å². The van der Waals surface area contributed by atoms with E-state index in [-0.39, 0.29) is 62.9 Å². The van der Waals surface area contributed by atoms with Crippen molar-refractivity contribution in [3.8, 4) is 0 Å². The van der Waals surface area contributed by atoms with Gasteiger partial charge in [-0.25, -0.2) is 0 Å². The van der Waals surface area contributed by atoms with Crippen LogP contribution in [0.4, 0.5) is 0 Å². The Morgan fingerprint density at radius 2 is 1.00 bits per heavy atom. The second-order valence-corrected chi connectivity index (χ2v) is 29.3. The maximum atomic E-state index is 15.4. The number of likely N-dealkylation sites (N-methyl/N-ethyl adjacent to an activating group) is 7. The standard InChI is InChI=1S/C69H126N12O14/c1-27-29-31-45(13)57(82)56-61(86)72-48(28-2)63(88)79(24)53(39-95-35-30-34-74(18)19)66(91)78(23)52(38-69(16,17)94)60(85)73-54(43(9)10)67(92)75(20)49(33-32-40(3)4)59(84)70-46(14)58(83)71-47(15)62(87)76(21)50(36-41(5)6)64(89)77(22)51(37-42(7)8)65(90)80(25)55(44(11)12)68(93)81(56)26/h27,29,40-57,82,94H,28,30-39H2,1-26H3,(H,70,84)(H,71,83)(H,72,86)(H,73,85)/b29-27+/t45-,46-,47+,48+,49-,50+,51+,52+,53-,54-,55+,56+,57-/m1/s1. The average Bonchev–Trinajstić information content (AvgIpc) is 0.820. The molecule has 26 heteroatoms. The van der Waals surface area contributed by atoms with E-state index in [1.165, 1.54) is 96.6 Å². The molecule has 0 unspecified atom stereocenters. The number of aliphatic hydroxyl groups is 2. The molecule has 0 bridgehead atoms. The molecule has 1 heterocycles. The molecule has 1 aliphatic rings. The summed E-state index contributed by atoms with van der Waals surface area (Å²) in [4.78, 5) is 174. The predicted molar refractivity (Wildman–Crippen MR) is 367 cm³/mol. The molecule has 13 atom stereocenters. The van der Waals surface area contributed by atoms with E-state index in [4.69, 9.17) is 4.74 Å². The molecule has 26 nitrogen and oxygen atoms in total. The minimum absolute atomic E-state index is 0.0584. The number of carbonyl (C=O) groups excluding carboxylic acids is 11. The first-order valence-corrected chi connectivity index (χ1v) is 34.1. The molecule has 0 aromatic rings. The molecule has 6 N–H and O–H groups in total. The van der Waals surface area contributed by atoms with E-state index in [1.54, 1.807) is 60.6 Å². The summed E-state index contributed by atoms with van der Waals surface area (Å²) in [6, 6.07) is -14.7. The monoisotopic (exact) mass is 1350 g/mol. The molecule has 11 amide bonds. The van der Waals surface area contributed by atoms with Crippen LogP contribution >= 0.6 is 0 Å². The summed E-state index contributed by atoms with van der Waals surface area (Å²) < 4.78 is 6.11. The molecular formula is C69H126N12O14. The van der Waals surface area contributed by atoms with Crippen LogP contribution < -0.4 is 21.3 Å². The Morgan fingerprint density at radius 3 is 1.47 bits per heavy atom. The van der Waals surface area contributed by atoms with Crippen molar-refractivity contribution in [3.63, 3.8) is 0 Å². The fraction of sp³-hybridized carbons (Fsp3) is 0.812. The lowest BCUT2D eigenvalue weighted by molar-refractivity contribution is -0.157. The third-order valence-electron chi connectivity index (χ3n) is 17.9. The Bertz CT molecular complexity index is 2570. The van der Waals surface area contributed by atoms with E-state index in [0.717, 1.165) is 14.7 Å². The summed E-state index contributed by atoms with van der Waals surface area (Å²) in [7, 11) is 13.5. The van der Waals surface area contributed by atoms with Gasteiger partial charge in [0.15, 0.2) is 0 Å². The van der Waals surface area contributed by atoms with Gasteiger partial charge in [0.05, 0.1) is 18.3 Å². The van der Waals surface area contributed by atoms with E-state index >= 15 is 28.8 Å². The number of ether oxygens (including phenoxy) is 1. The van der Waals surface area contributed by atoms with E-state index in [1.807, 2.05) is 60.5 Å². The zero-order valence-corrected chi connectivity index (χ0v) is 62.7. The zero-order valence-electron chi connectivity index (χ0n) is 62.7. The number of hydrogen-bond acceptors (Lipinski definition) is 15. The Morgan fingerprint density at radius 1 is 0.537 bits per heavy atom. The van der Waals surface area contributed by atoms with Crippen LogP contribution in [0.3, 0.4) is 0 Å². The summed E-state index contributed by atoms with van der Waals surface area (Å²) in [5, 5.41) is 34.7. The lowest BCUT2D eigenvalue weighted by atomic mass is 9.91. The van der Waals surface area contributed by atoms with E-state index in [9.17, 15) is 34.2 Å². The Hall–Kier alpha value is -6.25. The number of allylic oxidation sites excluding steroid dienone is 2. The molecule has 0 aliphatic carbocycles. The minimum atomic E-state index is -1.68. The molecule has 0 spiro atoms. The molecule has 1 saturated heterocycles. The number of nitrogens with zero attached hydrogens (tertiary/aromatic N) is 8. The van der Waals surface area contributed by atoms with Crippen LogP contribution in [0.25, 0.3) is 0 Å². The fourth-order valence-corrected chi connectivity index (χ4v) is 11.8. The predicted octanol–water partition coefficient (Wildman–Crippen LogP) is 3.11. The van der Waals surface area contributed by atoms with Crippen molar-refractivity contribution in [2.45, 2.75) is 247 Å². The normalized spacial score (nSPS) is 26.3. The summed E-state index contributed by atoms with van der Waals surface area (Å²) in [6.07, 6.45) is 3.25. The van der Waals surface area contributed by atoms with Gasteiger partial charge in [0, 0.05) is 62.4 Å². The molecule has 0 saturated carbocycles. The smallest absolute Gasteiger partial charge is 0.248 e. The highest BCUT2D eigenvalue weighted by molar-refractivity contribution is 6.00. The van der Waals surface area contributed by atoms with Crippen molar-refractivity contribution in [2.75, 3.05) is 83.2 Å². The lowest BCUT2D eigenvalue weighted by Gasteiger charge is -2.41. The molecular weight excluding hydrogens is 1220 g/mol. The summed E-state index contributed by atoms with van der Waals surface area (Å²) >= 11 is 0. The van der Waals surface area contributed by atoms with Crippen LogP contribution in [0.15, 0.2) is 12.2 Å². The van der Waals surface area contributed by atoms with Gasteiger partial charge in [-0.2, -0.15) is 0 Å². The number of rotatable bonds is 22. The summed E-state index contributed by atoms with van der Waals surface area (Å²) in [5.41, 5.74) is -1.61. The van der Waals surface area contributed by atoms with Gasteiger partial charge in [-0.3, -0.25) is 52.7 Å². The molecule has 0 aromatic heterocycles. The van der Waals surface area contributed by atoms with E-state index < -0.39 is 168 Å². The topological polar surface area (TPSA) is 312 Å². The third kappa shape index (κ3) is 25.9. The van der Waals surface area contributed by atoms with Crippen molar-refractivity contribution in [1.82, 2.24) is 60.5 Å². The Balaban J connectivity index is 4.58. The van der Waals surface area contributed by atoms with Crippen molar-refractivity contribution >= 4 is 65.0 Å². The fourth-order valence-electron chi connectivity index (χ4n) is 11.8. The number of aliphatic hydroxyl groups excluding tert-OH is 1. The number of amides is 11. The molecule has 95 heavy (non-hydrogen) atoms. The average molecular weight is 1350 g/mol. The summed E-state index contributed by atoms with van der Waals surface area (Å²) in [6.45, 7) is 29.4.